The molecule has 3 heterocycles. The molecule has 0 bridgehead atoms. The molecule has 1 amide bonds. The highest BCUT2D eigenvalue weighted by Crippen LogP contribution is 2.30. The summed E-state index contributed by atoms with van der Waals surface area (Å²) < 4.78 is 0. The van der Waals surface area contributed by atoms with Gasteiger partial charge in [-0.05, 0) is 49.4 Å². The van der Waals surface area contributed by atoms with Crippen molar-refractivity contribution in [3.8, 4) is 6.07 Å². The number of anilines is 1. The van der Waals surface area contributed by atoms with E-state index in [-0.39, 0.29) is 5.92 Å². The first-order valence-electron chi connectivity index (χ1n) is 9.71. The van der Waals surface area contributed by atoms with Crippen molar-refractivity contribution in [3.63, 3.8) is 0 Å². The molecule has 0 spiro atoms. The third-order valence-corrected chi connectivity index (χ3v) is 5.78. The van der Waals surface area contributed by atoms with E-state index in [2.05, 4.69) is 28.5 Å². The molecule has 1 unspecified atom stereocenters. The summed E-state index contributed by atoms with van der Waals surface area (Å²) in [6.45, 7) is 2.42. The van der Waals surface area contributed by atoms with Crippen molar-refractivity contribution in [2.75, 3.05) is 25.0 Å². The summed E-state index contributed by atoms with van der Waals surface area (Å²) in [6.07, 6.45) is 5.21. The highest BCUT2D eigenvalue weighted by molar-refractivity contribution is 5.80. The number of carbonyl (C=O) groups is 1. The molecule has 1 aromatic carbocycles. The van der Waals surface area contributed by atoms with Crippen LogP contribution in [0, 0.1) is 17.2 Å². The predicted molar refractivity (Wildman–Crippen MR) is 104 cm³/mol. The average molecular weight is 360 g/mol. The summed E-state index contributed by atoms with van der Waals surface area (Å²) in [7, 11) is 0. The van der Waals surface area contributed by atoms with Crippen molar-refractivity contribution in [2.45, 2.75) is 31.6 Å². The first-order valence-corrected chi connectivity index (χ1v) is 9.71. The molecule has 27 heavy (non-hydrogen) atoms. The number of fused-ring (bicyclic) bond motifs is 1. The lowest BCUT2D eigenvalue weighted by molar-refractivity contribution is -0.136. The van der Waals surface area contributed by atoms with E-state index in [0.717, 1.165) is 51.0 Å². The lowest BCUT2D eigenvalue weighted by Gasteiger charge is -2.34. The van der Waals surface area contributed by atoms with Gasteiger partial charge in [0.25, 0.3) is 0 Å². The Morgan fingerprint density at radius 1 is 1.15 bits per heavy atom. The standard InChI is InChI=1S/C22H24N4O/c23-14-16-5-6-21(25-15-16)17-8-11-26(12-9-17)22(27)19-7-10-24-20-4-2-1-3-18(20)13-19/h1-6,15,17,19,24H,7-13H2. The van der Waals surface area contributed by atoms with Gasteiger partial charge < -0.3 is 10.2 Å². The summed E-state index contributed by atoms with van der Waals surface area (Å²) >= 11 is 0. The fraction of sp³-hybridized carbons (Fsp3) is 0.409. The van der Waals surface area contributed by atoms with Crippen LogP contribution in [-0.2, 0) is 11.2 Å². The number of para-hydroxylation sites is 1. The maximum absolute atomic E-state index is 13.1. The largest absolute Gasteiger partial charge is 0.385 e. The minimum Gasteiger partial charge on any atom is -0.385 e. The van der Waals surface area contributed by atoms with Crippen molar-refractivity contribution in [1.29, 1.82) is 5.26 Å². The second kappa shape index (κ2) is 7.79. The minimum absolute atomic E-state index is 0.0609. The molecule has 1 saturated heterocycles. The molecule has 5 heteroatoms. The SMILES string of the molecule is N#Cc1ccc(C2CCN(C(=O)C3CCNc4ccccc4C3)CC2)nc1. The number of nitriles is 1. The second-order valence-electron chi connectivity index (χ2n) is 7.46. The first kappa shape index (κ1) is 17.5. The van der Waals surface area contributed by atoms with Crippen LogP contribution in [0.4, 0.5) is 5.69 Å². The Hall–Kier alpha value is -2.87. The zero-order chi connectivity index (χ0) is 18.6. The molecule has 2 aliphatic heterocycles. The predicted octanol–water partition coefficient (Wildman–Crippen LogP) is 3.33. The van der Waals surface area contributed by atoms with Gasteiger partial charge in [0.1, 0.15) is 6.07 Å². The van der Waals surface area contributed by atoms with Gasteiger partial charge in [0, 0.05) is 49.0 Å². The third kappa shape index (κ3) is 3.80. The minimum atomic E-state index is 0.0609. The Balaban J connectivity index is 1.37. The number of aromatic nitrogens is 1. The van der Waals surface area contributed by atoms with E-state index in [1.54, 1.807) is 6.20 Å². The molecule has 2 aromatic rings. The van der Waals surface area contributed by atoms with Gasteiger partial charge in [-0.3, -0.25) is 9.78 Å². The van der Waals surface area contributed by atoms with Gasteiger partial charge in [-0.15, -0.1) is 0 Å². The molecule has 0 radical (unpaired) electrons. The summed E-state index contributed by atoms with van der Waals surface area (Å²) in [5.41, 5.74) is 4.03. The summed E-state index contributed by atoms with van der Waals surface area (Å²) in [4.78, 5) is 19.6. The van der Waals surface area contributed by atoms with E-state index in [4.69, 9.17) is 5.26 Å². The third-order valence-electron chi connectivity index (χ3n) is 5.78. The van der Waals surface area contributed by atoms with E-state index >= 15 is 0 Å². The van der Waals surface area contributed by atoms with Crippen LogP contribution in [0.2, 0.25) is 0 Å². The molecule has 5 nitrogen and oxygen atoms in total. The molecule has 1 aromatic heterocycles. The van der Waals surface area contributed by atoms with Crippen molar-refractivity contribution >= 4 is 11.6 Å². The Kier molecular flexibility index (Phi) is 5.06. The lowest BCUT2D eigenvalue weighted by atomic mass is 9.90. The van der Waals surface area contributed by atoms with Crippen molar-refractivity contribution < 1.29 is 4.79 Å². The summed E-state index contributed by atoms with van der Waals surface area (Å²) in [6, 6.07) is 14.2. The maximum atomic E-state index is 13.1. The van der Waals surface area contributed by atoms with Crippen molar-refractivity contribution in [3.05, 3.63) is 59.4 Å². The molecular formula is C22H24N4O. The first-order chi connectivity index (χ1) is 13.2. The van der Waals surface area contributed by atoms with Crippen LogP contribution in [0.5, 0.6) is 0 Å². The normalized spacial score (nSPS) is 20.1. The number of amides is 1. The van der Waals surface area contributed by atoms with Gasteiger partial charge in [0.15, 0.2) is 0 Å². The second-order valence-corrected chi connectivity index (χ2v) is 7.46. The number of likely N-dealkylation sites (tertiary alicyclic amines) is 1. The van der Waals surface area contributed by atoms with E-state index in [0.29, 0.717) is 17.4 Å². The van der Waals surface area contributed by atoms with Crippen LogP contribution in [0.1, 0.15) is 42.0 Å². The zero-order valence-electron chi connectivity index (χ0n) is 15.4. The summed E-state index contributed by atoms with van der Waals surface area (Å²) in [5, 5.41) is 12.3. The number of rotatable bonds is 2. The van der Waals surface area contributed by atoms with Crippen LogP contribution in [0.25, 0.3) is 0 Å². The van der Waals surface area contributed by atoms with Crippen LogP contribution in [0.3, 0.4) is 0 Å². The lowest BCUT2D eigenvalue weighted by Crippen LogP contribution is -2.42. The van der Waals surface area contributed by atoms with E-state index in [1.807, 2.05) is 29.2 Å². The Morgan fingerprint density at radius 3 is 2.70 bits per heavy atom. The smallest absolute Gasteiger partial charge is 0.226 e. The highest BCUT2D eigenvalue weighted by Gasteiger charge is 2.30. The molecule has 0 saturated carbocycles. The number of nitrogens with zero attached hydrogens (tertiary/aromatic N) is 3. The van der Waals surface area contributed by atoms with Gasteiger partial charge in [0.05, 0.1) is 5.56 Å². The Bertz CT molecular complexity index is 847. The number of piperidine rings is 1. The number of nitrogens with one attached hydrogen (secondary N) is 1. The molecule has 0 aliphatic carbocycles. The Morgan fingerprint density at radius 2 is 1.96 bits per heavy atom. The summed E-state index contributed by atoms with van der Waals surface area (Å²) in [5.74, 6) is 0.726. The van der Waals surface area contributed by atoms with Crippen LogP contribution < -0.4 is 5.32 Å². The van der Waals surface area contributed by atoms with E-state index in [9.17, 15) is 4.79 Å². The van der Waals surface area contributed by atoms with Gasteiger partial charge in [0.2, 0.25) is 5.91 Å². The highest BCUT2D eigenvalue weighted by atomic mass is 16.2. The number of hydrogen-bond acceptors (Lipinski definition) is 4. The number of pyridine rings is 1. The van der Waals surface area contributed by atoms with Gasteiger partial charge in [-0.1, -0.05) is 18.2 Å². The quantitative estimate of drug-likeness (QED) is 0.892. The van der Waals surface area contributed by atoms with Gasteiger partial charge >= 0.3 is 0 Å². The molecule has 138 valence electrons. The number of carbonyl (C=O) groups excluding carboxylic acids is 1. The van der Waals surface area contributed by atoms with E-state index < -0.39 is 0 Å². The zero-order valence-corrected chi connectivity index (χ0v) is 15.4. The van der Waals surface area contributed by atoms with Gasteiger partial charge in [-0.2, -0.15) is 5.26 Å². The Labute approximate surface area is 160 Å². The number of hydrogen-bond donors (Lipinski definition) is 1. The number of benzene rings is 1. The molecule has 1 atom stereocenters. The molecule has 1 N–H and O–H groups in total. The molecular weight excluding hydrogens is 336 g/mol. The van der Waals surface area contributed by atoms with Crippen molar-refractivity contribution in [2.24, 2.45) is 5.92 Å². The molecule has 2 aliphatic rings. The fourth-order valence-corrected chi connectivity index (χ4v) is 4.20. The fourth-order valence-electron chi connectivity index (χ4n) is 4.20. The molecule has 4 rings (SSSR count). The van der Waals surface area contributed by atoms with E-state index in [1.165, 1.54) is 11.3 Å². The monoisotopic (exact) mass is 360 g/mol. The topological polar surface area (TPSA) is 69.0 Å². The molecule has 1 fully saturated rings. The van der Waals surface area contributed by atoms with Crippen LogP contribution in [0.15, 0.2) is 42.6 Å². The van der Waals surface area contributed by atoms with Crippen molar-refractivity contribution in [1.82, 2.24) is 9.88 Å². The van der Waals surface area contributed by atoms with Crippen LogP contribution in [-0.4, -0.2) is 35.4 Å². The van der Waals surface area contributed by atoms with Gasteiger partial charge in [-0.25, -0.2) is 0 Å². The van der Waals surface area contributed by atoms with Crippen LogP contribution >= 0.6 is 0 Å². The average Bonchev–Trinajstić information content (AvgIpc) is 2.96. The maximum Gasteiger partial charge on any atom is 0.226 e.